The molecule has 4 aliphatic rings. The Morgan fingerprint density at radius 1 is 0.393 bits per heavy atom. The van der Waals surface area contributed by atoms with Crippen LogP contribution in [0, 0.1) is 88.8 Å². The third kappa shape index (κ3) is 13.4. The minimum absolute atomic E-state index is 0. The van der Waals surface area contributed by atoms with Gasteiger partial charge >= 0.3 is 84.2 Å². The zero-order chi connectivity index (χ0) is 20.2. The second-order valence-electron chi connectivity index (χ2n) is 4.31. The van der Waals surface area contributed by atoms with Gasteiger partial charge in [0.25, 0.3) is 0 Å². The first-order valence-electron chi connectivity index (χ1n) is 6.96. The predicted octanol–water partition coefficient (Wildman–Crippen LogP) is 3.62. The molecule has 0 heterocycles. The summed E-state index contributed by atoms with van der Waals surface area (Å²) < 4.78 is 30.0. The van der Waals surface area contributed by atoms with Crippen LogP contribution < -0.4 is 0 Å². The Bertz CT molecular complexity index is 458. The van der Waals surface area contributed by atoms with Gasteiger partial charge in [-0.1, -0.05) is 48.6 Å². The van der Waals surface area contributed by atoms with Gasteiger partial charge in [-0.3, -0.25) is 0 Å². The first-order valence-corrected chi connectivity index (χ1v) is 6.96. The van der Waals surface area contributed by atoms with Crippen molar-refractivity contribution in [2.24, 2.45) is 0 Å². The second-order valence-corrected chi connectivity index (χ2v) is 4.31. The number of hydrogen-bond donors (Lipinski definition) is 0. The summed E-state index contributed by atoms with van der Waals surface area (Å²) in [5.74, 6) is 5.32. The molecule has 0 aromatic rings. The van der Waals surface area contributed by atoms with Crippen molar-refractivity contribution in [3.05, 3.63) is 137 Å². The fourth-order valence-electron chi connectivity index (χ4n) is 2.14. The molecule has 0 unspecified atom stereocenters. The van der Waals surface area contributed by atoms with Gasteiger partial charge in [-0.25, -0.2) is 0 Å². The largest absolute Gasteiger partial charge is 1.00 e. The van der Waals surface area contributed by atoms with Crippen LogP contribution in [-0.2, 0) is 57.6 Å². The normalized spacial score (nSPS) is 17.7. The molecule has 0 bridgehead atoms. The fourth-order valence-corrected chi connectivity index (χ4v) is 2.14. The van der Waals surface area contributed by atoms with Gasteiger partial charge < -0.3 is 0 Å². The first kappa shape index (κ1) is 34.7. The molecule has 6 heteroatoms. The number of hydrogen-bond acceptors (Lipinski definition) is 0. The molecule has 0 aromatic carbocycles. The third-order valence-corrected chi connectivity index (χ3v) is 3.10. The third-order valence-electron chi connectivity index (χ3n) is 3.10. The molecule has 0 aliphatic heterocycles. The minimum atomic E-state index is 0. The van der Waals surface area contributed by atoms with Crippen molar-refractivity contribution in [1.29, 1.82) is 0 Å². The molecule has 0 saturated heterocycles. The monoisotopic (exact) mass is 546 g/mol. The van der Waals surface area contributed by atoms with Gasteiger partial charge in [-0.2, -0.15) is 0 Å². The summed E-state index contributed by atoms with van der Waals surface area (Å²) in [6, 6.07) is 0. The van der Waals surface area contributed by atoms with Crippen molar-refractivity contribution < 1.29 is 57.6 Å². The first-order chi connectivity index (χ1) is 12.9. The van der Waals surface area contributed by atoms with Crippen LogP contribution in [0.25, 0.3) is 0 Å². The van der Waals surface area contributed by atoms with E-state index in [1.165, 1.54) is 23.7 Å². The number of rotatable bonds is 0. The van der Waals surface area contributed by atoms with Gasteiger partial charge in [0.1, 0.15) is 0 Å². The summed E-state index contributed by atoms with van der Waals surface area (Å²) >= 11 is 0. The van der Waals surface area contributed by atoms with E-state index in [4.69, 9.17) is 18.6 Å². The summed E-state index contributed by atoms with van der Waals surface area (Å²) in [4.78, 5) is 0. The van der Waals surface area contributed by atoms with E-state index in [0.717, 1.165) is 0 Å². The molecule has 0 atom stereocenters. The van der Waals surface area contributed by atoms with Crippen molar-refractivity contribution in [2.75, 3.05) is 0 Å². The van der Waals surface area contributed by atoms with Crippen molar-refractivity contribution in [3.63, 3.8) is 0 Å². The Morgan fingerprint density at radius 2 is 0.571 bits per heavy atom. The maximum atomic E-state index is 7.50. The maximum absolute atomic E-state index is 7.50. The molecule has 2 fully saturated rings. The molecular weight excluding hydrogens is 530 g/mol. The Balaban J connectivity index is -0.000000145. The van der Waals surface area contributed by atoms with E-state index < -0.39 is 0 Å². The average molecular weight is 544 g/mol. The van der Waals surface area contributed by atoms with Gasteiger partial charge in [0.05, 0.1) is 0 Å². The molecule has 28 heavy (non-hydrogen) atoms. The summed E-state index contributed by atoms with van der Waals surface area (Å²) in [7, 11) is 0. The number of allylic oxidation sites excluding steroid dienone is 8. The van der Waals surface area contributed by atoms with Crippen LogP contribution in [0.15, 0.2) is 48.6 Å². The van der Waals surface area contributed by atoms with Crippen molar-refractivity contribution >= 4 is 0 Å². The smallest absolute Gasteiger partial charge is 0.0762 e. The van der Waals surface area contributed by atoms with Crippen LogP contribution in [0.3, 0.4) is 0 Å². The molecule has 4 aliphatic carbocycles. The van der Waals surface area contributed by atoms with Crippen molar-refractivity contribution in [1.82, 2.24) is 0 Å². The Labute approximate surface area is 194 Å². The molecule has 4 rings (SSSR count). The molecule has 140 valence electrons. The van der Waals surface area contributed by atoms with E-state index in [9.17, 15) is 0 Å². The van der Waals surface area contributed by atoms with E-state index in [2.05, 4.69) is 114 Å². The van der Waals surface area contributed by atoms with Gasteiger partial charge in [0, 0.05) is 23.7 Å². The van der Waals surface area contributed by atoms with Crippen molar-refractivity contribution in [2.45, 2.75) is 0 Å². The van der Waals surface area contributed by atoms with Crippen LogP contribution in [0.4, 0.5) is 0 Å². The summed E-state index contributed by atoms with van der Waals surface area (Å²) in [6.07, 6.45) is 29.3. The van der Waals surface area contributed by atoms with Crippen LogP contribution in [-0.4, -0.2) is 0 Å². The topological polar surface area (TPSA) is 79.6 Å². The van der Waals surface area contributed by atoms with E-state index in [1.54, 1.807) is 0 Å². The van der Waals surface area contributed by atoms with Gasteiger partial charge in [0.2, 0.25) is 0 Å². The molecular formula is C22H14O4Ru2+2. The fraction of sp³-hybridized carbons (Fsp3) is 0. The van der Waals surface area contributed by atoms with Crippen LogP contribution in [0.2, 0.25) is 0 Å². The van der Waals surface area contributed by atoms with E-state index >= 15 is 0 Å². The summed E-state index contributed by atoms with van der Waals surface area (Å²) in [5.41, 5.74) is 0. The predicted molar refractivity (Wildman–Crippen MR) is 91.1 cm³/mol. The van der Waals surface area contributed by atoms with Crippen LogP contribution >= 0.6 is 0 Å². The molecule has 0 amide bonds. The maximum Gasteiger partial charge on any atom is 1.00 e. The van der Waals surface area contributed by atoms with E-state index in [1.807, 2.05) is 0 Å². The van der Waals surface area contributed by atoms with E-state index in [-0.39, 0.29) is 39.0 Å². The zero-order valence-corrected chi connectivity index (χ0v) is 17.9. The molecule has 0 N–H and O–H groups in total. The van der Waals surface area contributed by atoms with Gasteiger partial charge in [0.15, 0.2) is 0 Å². The second kappa shape index (κ2) is 26.2. The molecule has 4 nitrogen and oxygen atoms in total. The minimum Gasteiger partial charge on any atom is -0.0762 e. The molecule has 2 saturated carbocycles. The number of fused-ring (bicyclic) bond motifs is 2. The molecule has 0 spiro atoms. The van der Waals surface area contributed by atoms with Crippen LogP contribution in [0.5, 0.6) is 0 Å². The van der Waals surface area contributed by atoms with E-state index in [0.29, 0.717) is 0 Å². The standard InChI is InChI=1S/2C9H7.4CO.2Ru/c2*1-2-5-9-7-3-6-8(9)4-1;4*1-2;;/h2*1-7H;;;;;;/q;;;;;;2*+1. The SMILES string of the molecule is [C-]#[O+].[C-]#[O+].[C-]#[O+].[C-]#[O+].[CH]1[CH][C]2C=CC=C[C]2[CH]1.[CH]1[CH][C]2C=CC=C[C]2[CH]1.[Ru+].[Ru+]. The van der Waals surface area contributed by atoms with Gasteiger partial charge in [-0.05, 0) is 38.5 Å². The molecule has 0 aromatic heterocycles. The van der Waals surface area contributed by atoms with Crippen LogP contribution in [0.1, 0.15) is 0 Å². The van der Waals surface area contributed by atoms with Crippen molar-refractivity contribution in [3.8, 4) is 0 Å². The molecule has 12 radical (unpaired) electrons. The van der Waals surface area contributed by atoms with Gasteiger partial charge in [-0.15, -0.1) is 0 Å². The quantitative estimate of drug-likeness (QED) is 0.254. The Hall–Kier alpha value is -0.833. The summed E-state index contributed by atoms with van der Waals surface area (Å²) in [5, 5.41) is 0. The average Bonchev–Trinajstić information content (AvgIpc) is 3.44. The summed E-state index contributed by atoms with van der Waals surface area (Å²) in [6.45, 7) is 18.0. The Kier molecular flexibility index (Phi) is 32.4. The Morgan fingerprint density at radius 3 is 0.750 bits per heavy atom. The zero-order valence-electron chi connectivity index (χ0n) is 14.4.